The SMILES string of the molecule is CN1CCC(N(C)C(C)(C)CCO)CC1. The summed E-state index contributed by atoms with van der Waals surface area (Å²) in [6.07, 6.45) is 3.36. The van der Waals surface area contributed by atoms with Gasteiger partial charge in [-0.25, -0.2) is 0 Å². The van der Waals surface area contributed by atoms with Crippen LogP contribution in [-0.2, 0) is 0 Å². The standard InChI is InChI=1S/C12H26N2O/c1-12(2,7-10-15)14(4)11-5-8-13(3)9-6-11/h11,15H,5-10H2,1-4H3. The fourth-order valence-electron chi connectivity index (χ4n) is 2.33. The smallest absolute Gasteiger partial charge is 0.0448 e. The summed E-state index contributed by atoms with van der Waals surface area (Å²) in [5.41, 5.74) is 0.120. The van der Waals surface area contributed by atoms with E-state index in [0.29, 0.717) is 6.04 Å². The first-order valence-corrected chi connectivity index (χ1v) is 5.99. The van der Waals surface area contributed by atoms with E-state index in [1.54, 1.807) is 0 Å². The van der Waals surface area contributed by atoms with E-state index in [1.165, 1.54) is 25.9 Å². The Morgan fingerprint density at radius 3 is 2.33 bits per heavy atom. The lowest BCUT2D eigenvalue weighted by atomic mass is 9.93. The Hall–Kier alpha value is -0.120. The molecule has 0 bridgehead atoms. The molecule has 1 saturated heterocycles. The van der Waals surface area contributed by atoms with Gasteiger partial charge in [0, 0.05) is 18.2 Å². The van der Waals surface area contributed by atoms with Crippen LogP contribution in [0.3, 0.4) is 0 Å². The largest absolute Gasteiger partial charge is 0.396 e. The van der Waals surface area contributed by atoms with Gasteiger partial charge >= 0.3 is 0 Å². The van der Waals surface area contributed by atoms with Gasteiger partial charge in [0.2, 0.25) is 0 Å². The van der Waals surface area contributed by atoms with E-state index < -0.39 is 0 Å². The van der Waals surface area contributed by atoms with Crippen LogP contribution in [0.5, 0.6) is 0 Å². The van der Waals surface area contributed by atoms with Crippen molar-refractivity contribution in [1.29, 1.82) is 0 Å². The van der Waals surface area contributed by atoms with E-state index >= 15 is 0 Å². The van der Waals surface area contributed by atoms with Gasteiger partial charge in [-0.2, -0.15) is 0 Å². The highest BCUT2D eigenvalue weighted by Crippen LogP contribution is 2.24. The van der Waals surface area contributed by atoms with Crippen molar-refractivity contribution < 1.29 is 5.11 Å². The minimum Gasteiger partial charge on any atom is -0.396 e. The third kappa shape index (κ3) is 3.44. The molecule has 3 heteroatoms. The van der Waals surface area contributed by atoms with E-state index in [9.17, 15) is 0 Å². The topological polar surface area (TPSA) is 26.7 Å². The molecule has 0 saturated carbocycles. The molecule has 1 aliphatic heterocycles. The Bertz CT molecular complexity index is 186. The first-order chi connectivity index (χ1) is 6.97. The van der Waals surface area contributed by atoms with Gasteiger partial charge in [0.15, 0.2) is 0 Å². The number of rotatable bonds is 4. The number of aliphatic hydroxyl groups is 1. The Labute approximate surface area is 94.1 Å². The van der Waals surface area contributed by atoms with Crippen molar-refractivity contribution in [2.75, 3.05) is 33.8 Å². The second-order valence-corrected chi connectivity index (χ2v) is 5.43. The number of aliphatic hydroxyl groups excluding tert-OH is 1. The van der Waals surface area contributed by atoms with E-state index in [-0.39, 0.29) is 12.1 Å². The second kappa shape index (κ2) is 5.28. The summed E-state index contributed by atoms with van der Waals surface area (Å²) < 4.78 is 0. The number of hydrogen-bond donors (Lipinski definition) is 1. The predicted molar refractivity (Wildman–Crippen MR) is 64.1 cm³/mol. The maximum absolute atomic E-state index is 9.06. The van der Waals surface area contributed by atoms with E-state index in [0.717, 1.165) is 6.42 Å². The average molecular weight is 214 g/mol. The van der Waals surface area contributed by atoms with Gasteiger partial charge in [0.05, 0.1) is 0 Å². The summed E-state index contributed by atoms with van der Waals surface area (Å²) in [5, 5.41) is 9.06. The normalized spacial score (nSPS) is 21.2. The molecule has 0 aromatic heterocycles. The average Bonchev–Trinajstić information content (AvgIpc) is 2.18. The summed E-state index contributed by atoms with van der Waals surface area (Å²) in [4.78, 5) is 4.85. The molecule has 1 heterocycles. The lowest BCUT2D eigenvalue weighted by Crippen LogP contribution is -2.51. The van der Waals surface area contributed by atoms with E-state index in [2.05, 4.69) is 37.7 Å². The van der Waals surface area contributed by atoms with Gasteiger partial charge in [0.1, 0.15) is 0 Å². The molecule has 0 radical (unpaired) electrons. The van der Waals surface area contributed by atoms with Crippen molar-refractivity contribution in [3.8, 4) is 0 Å². The van der Waals surface area contributed by atoms with Crippen LogP contribution in [0, 0.1) is 0 Å². The Kier molecular flexibility index (Phi) is 4.56. The molecule has 90 valence electrons. The molecule has 1 rings (SSSR count). The van der Waals surface area contributed by atoms with Gasteiger partial charge < -0.3 is 10.0 Å². The van der Waals surface area contributed by atoms with Crippen LogP contribution in [0.1, 0.15) is 33.1 Å². The van der Waals surface area contributed by atoms with Crippen LogP contribution in [0.15, 0.2) is 0 Å². The molecular weight excluding hydrogens is 188 g/mol. The van der Waals surface area contributed by atoms with Crippen molar-refractivity contribution in [3.05, 3.63) is 0 Å². The zero-order chi connectivity index (χ0) is 11.5. The summed E-state index contributed by atoms with van der Waals surface area (Å²) in [6.45, 7) is 7.13. The molecular formula is C12H26N2O. The summed E-state index contributed by atoms with van der Waals surface area (Å²) in [6, 6.07) is 0.683. The molecule has 0 aromatic carbocycles. The molecule has 1 N–H and O–H groups in total. The molecule has 0 amide bonds. The molecule has 1 aliphatic rings. The molecule has 0 aliphatic carbocycles. The predicted octanol–water partition coefficient (Wildman–Crippen LogP) is 1.17. The first kappa shape index (κ1) is 12.9. The molecule has 1 fully saturated rings. The minimum atomic E-state index is 0.120. The minimum absolute atomic E-state index is 0.120. The first-order valence-electron chi connectivity index (χ1n) is 5.99. The Morgan fingerprint density at radius 2 is 1.87 bits per heavy atom. The molecule has 0 unspecified atom stereocenters. The van der Waals surface area contributed by atoms with Gasteiger partial charge in [-0.1, -0.05) is 0 Å². The maximum Gasteiger partial charge on any atom is 0.0448 e. The molecule has 0 aromatic rings. The van der Waals surface area contributed by atoms with Crippen molar-refractivity contribution in [1.82, 2.24) is 9.80 Å². The fraction of sp³-hybridized carbons (Fsp3) is 1.00. The fourth-order valence-corrected chi connectivity index (χ4v) is 2.33. The monoisotopic (exact) mass is 214 g/mol. The highest BCUT2D eigenvalue weighted by molar-refractivity contribution is 4.86. The van der Waals surface area contributed by atoms with Crippen molar-refractivity contribution in [2.24, 2.45) is 0 Å². The van der Waals surface area contributed by atoms with E-state index in [1.807, 2.05) is 0 Å². The molecule has 15 heavy (non-hydrogen) atoms. The van der Waals surface area contributed by atoms with Gasteiger partial charge in [-0.05, 0) is 60.3 Å². The van der Waals surface area contributed by atoms with E-state index in [4.69, 9.17) is 5.11 Å². The third-order valence-corrected chi connectivity index (χ3v) is 3.91. The number of nitrogens with zero attached hydrogens (tertiary/aromatic N) is 2. The number of piperidine rings is 1. The summed E-state index contributed by atoms with van der Waals surface area (Å²) in [5.74, 6) is 0. The van der Waals surface area contributed by atoms with Crippen molar-refractivity contribution >= 4 is 0 Å². The molecule has 0 atom stereocenters. The second-order valence-electron chi connectivity index (χ2n) is 5.43. The van der Waals surface area contributed by atoms with Crippen LogP contribution in [0.2, 0.25) is 0 Å². The van der Waals surface area contributed by atoms with Crippen LogP contribution in [-0.4, -0.2) is 60.3 Å². The zero-order valence-corrected chi connectivity index (χ0v) is 10.7. The van der Waals surface area contributed by atoms with Crippen molar-refractivity contribution in [2.45, 2.75) is 44.7 Å². The highest BCUT2D eigenvalue weighted by Gasteiger charge is 2.30. The van der Waals surface area contributed by atoms with Gasteiger partial charge in [-0.15, -0.1) is 0 Å². The van der Waals surface area contributed by atoms with Gasteiger partial charge in [-0.3, -0.25) is 4.90 Å². The maximum atomic E-state index is 9.06. The lowest BCUT2D eigenvalue weighted by Gasteiger charge is -2.44. The molecule has 0 spiro atoms. The number of likely N-dealkylation sites (tertiary alicyclic amines) is 1. The van der Waals surface area contributed by atoms with Crippen LogP contribution in [0.4, 0.5) is 0 Å². The zero-order valence-electron chi connectivity index (χ0n) is 10.7. The lowest BCUT2D eigenvalue weighted by molar-refractivity contribution is 0.0441. The van der Waals surface area contributed by atoms with Gasteiger partial charge in [0.25, 0.3) is 0 Å². The van der Waals surface area contributed by atoms with Crippen LogP contribution in [0.25, 0.3) is 0 Å². The van der Waals surface area contributed by atoms with Crippen molar-refractivity contribution in [3.63, 3.8) is 0 Å². The molecule has 3 nitrogen and oxygen atoms in total. The number of hydrogen-bond acceptors (Lipinski definition) is 3. The Morgan fingerprint density at radius 1 is 1.33 bits per heavy atom. The van der Waals surface area contributed by atoms with Crippen LogP contribution < -0.4 is 0 Å². The Balaban J connectivity index is 2.48. The quantitative estimate of drug-likeness (QED) is 0.761. The third-order valence-electron chi connectivity index (χ3n) is 3.91. The summed E-state index contributed by atoms with van der Waals surface area (Å²) in [7, 11) is 4.39. The van der Waals surface area contributed by atoms with Crippen LogP contribution >= 0.6 is 0 Å². The summed E-state index contributed by atoms with van der Waals surface area (Å²) >= 11 is 0. The highest BCUT2D eigenvalue weighted by atomic mass is 16.3.